The lowest BCUT2D eigenvalue weighted by Gasteiger charge is -2.10. The Kier molecular flexibility index (Phi) is 1.81. The molecule has 0 radical (unpaired) electrons. The summed E-state index contributed by atoms with van der Waals surface area (Å²) in [5, 5.41) is 3.32. The molecule has 3 atom stereocenters. The number of hydrogen-bond acceptors (Lipinski definition) is 5. The summed E-state index contributed by atoms with van der Waals surface area (Å²) >= 11 is 0. The van der Waals surface area contributed by atoms with Gasteiger partial charge in [-0.1, -0.05) is 0 Å². The molecule has 18 heavy (non-hydrogen) atoms. The second-order valence-electron chi connectivity index (χ2n) is 5.07. The van der Waals surface area contributed by atoms with Crippen LogP contribution in [-0.2, 0) is 0 Å². The Hall–Kier alpha value is -2.01. The van der Waals surface area contributed by atoms with Crippen molar-refractivity contribution >= 4 is 5.82 Å². The van der Waals surface area contributed by atoms with Crippen LogP contribution in [0.1, 0.15) is 6.42 Å². The largest absolute Gasteiger partial charge is 0.364 e. The van der Waals surface area contributed by atoms with Gasteiger partial charge in [0.1, 0.15) is 5.82 Å². The molecule has 0 aromatic carbocycles. The molecule has 2 saturated carbocycles. The standard InChI is InChI=1S/C13H13N5/c14-13-4-9(13)12(13)18-11-7-16-10(6-17-11)8-2-1-3-15-5-8/h1-3,5-7,9,12H,4,14H2,(H,17,18). The minimum Gasteiger partial charge on any atom is -0.364 e. The molecule has 3 N–H and O–H groups in total. The van der Waals surface area contributed by atoms with Gasteiger partial charge in [0.05, 0.1) is 24.1 Å². The van der Waals surface area contributed by atoms with Crippen molar-refractivity contribution in [3.05, 3.63) is 36.9 Å². The number of pyridine rings is 1. The second kappa shape index (κ2) is 3.26. The first kappa shape index (κ1) is 9.96. The summed E-state index contributed by atoms with van der Waals surface area (Å²) in [7, 11) is 0. The van der Waals surface area contributed by atoms with E-state index in [0.717, 1.165) is 23.5 Å². The van der Waals surface area contributed by atoms with E-state index in [1.165, 1.54) is 0 Å². The molecule has 90 valence electrons. The monoisotopic (exact) mass is 239 g/mol. The highest BCUT2D eigenvalue weighted by molar-refractivity contribution is 5.58. The van der Waals surface area contributed by atoms with Crippen LogP contribution >= 0.6 is 0 Å². The fraction of sp³-hybridized carbons (Fsp3) is 0.308. The molecule has 3 unspecified atom stereocenters. The molecule has 2 aromatic heterocycles. The Morgan fingerprint density at radius 3 is 2.72 bits per heavy atom. The summed E-state index contributed by atoms with van der Waals surface area (Å²) in [4.78, 5) is 12.8. The predicted octanol–water partition coefficient (Wildman–Crippen LogP) is 1.05. The molecular weight excluding hydrogens is 226 g/mol. The molecule has 4 rings (SSSR count). The quantitative estimate of drug-likeness (QED) is 0.837. The number of fused-ring (bicyclic) bond motifs is 1. The van der Waals surface area contributed by atoms with Gasteiger partial charge < -0.3 is 11.1 Å². The zero-order chi connectivity index (χ0) is 12.2. The van der Waals surface area contributed by atoms with Crippen molar-refractivity contribution in [1.82, 2.24) is 15.0 Å². The van der Waals surface area contributed by atoms with Gasteiger partial charge >= 0.3 is 0 Å². The van der Waals surface area contributed by atoms with Crippen LogP contribution in [0.3, 0.4) is 0 Å². The average Bonchev–Trinajstić information content (AvgIpc) is 3.26. The number of anilines is 1. The van der Waals surface area contributed by atoms with E-state index in [1.807, 2.05) is 12.1 Å². The number of aromatic nitrogens is 3. The van der Waals surface area contributed by atoms with Gasteiger partial charge in [-0.25, -0.2) is 4.98 Å². The van der Waals surface area contributed by atoms with E-state index < -0.39 is 0 Å². The van der Waals surface area contributed by atoms with E-state index in [4.69, 9.17) is 5.73 Å². The Morgan fingerprint density at radius 2 is 2.17 bits per heavy atom. The molecule has 2 aromatic rings. The maximum absolute atomic E-state index is 6.03. The lowest BCUT2D eigenvalue weighted by molar-refractivity contribution is 0.722. The summed E-state index contributed by atoms with van der Waals surface area (Å²) in [6.45, 7) is 0. The second-order valence-corrected chi connectivity index (χ2v) is 5.07. The Labute approximate surface area is 104 Å². The van der Waals surface area contributed by atoms with Crippen LogP contribution in [0, 0.1) is 5.92 Å². The Balaban J connectivity index is 1.51. The van der Waals surface area contributed by atoms with E-state index in [2.05, 4.69) is 20.3 Å². The highest BCUT2D eigenvalue weighted by Crippen LogP contribution is 2.65. The van der Waals surface area contributed by atoms with Crippen molar-refractivity contribution in [2.75, 3.05) is 5.32 Å². The SMILES string of the molecule is NC12CC1C2Nc1cnc(-c2cccnc2)cn1. The van der Waals surface area contributed by atoms with Crippen LogP contribution in [0.4, 0.5) is 5.82 Å². The van der Waals surface area contributed by atoms with E-state index in [1.54, 1.807) is 24.8 Å². The summed E-state index contributed by atoms with van der Waals surface area (Å²) in [6.07, 6.45) is 8.18. The molecule has 0 bridgehead atoms. The van der Waals surface area contributed by atoms with Crippen LogP contribution in [-0.4, -0.2) is 26.5 Å². The molecule has 5 nitrogen and oxygen atoms in total. The predicted molar refractivity (Wildman–Crippen MR) is 67.7 cm³/mol. The van der Waals surface area contributed by atoms with Crippen molar-refractivity contribution in [3.63, 3.8) is 0 Å². The molecule has 2 aliphatic rings. The maximum atomic E-state index is 6.03. The van der Waals surface area contributed by atoms with Gasteiger partial charge in [-0.3, -0.25) is 9.97 Å². The number of hydrogen-bond donors (Lipinski definition) is 2. The van der Waals surface area contributed by atoms with Crippen molar-refractivity contribution in [2.24, 2.45) is 11.7 Å². The summed E-state index contributed by atoms with van der Waals surface area (Å²) in [5.74, 6) is 1.45. The van der Waals surface area contributed by atoms with Gasteiger partial charge in [0.2, 0.25) is 0 Å². The van der Waals surface area contributed by atoms with E-state index in [0.29, 0.717) is 12.0 Å². The lowest BCUT2D eigenvalue weighted by Crippen LogP contribution is -2.26. The highest BCUT2D eigenvalue weighted by Gasteiger charge is 2.77. The van der Waals surface area contributed by atoms with E-state index in [-0.39, 0.29) is 5.54 Å². The number of nitrogens with two attached hydrogens (primary N) is 1. The lowest BCUT2D eigenvalue weighted by atomic mass is 10.2. The first-order valence-electron chi connectivity index (χ1n) is 6.05. The highest BCUT2D eigenvalue weighted by atomic mass is 15.2. The first-order chi connectivity index (χ1) is 8.77. The molecule has 0 aliphatic heterocycles. The molecule has 2 aliphatic carbocycles. The summed E-state index contributed by atoms with van der Waals surface area (Å²) < 4.78 is 0. The van der Waals surface area contributed by atoms with Crippen molar-refractivity contribution in [3.8, 4) is 11.3 Å². The molecule has 0 spiro atoms. The van der Waals surface area contributed by atoms with Crippen molar-refractivity contribution in [1.29, 1.82) is 0 Å². The fourth-order valence-corrected chi connectivity index (χ4v) is 2.41. The number of rotatable bonds is 3. The third kappa shape index (κ3) is 1.41. The molecular formula is C13H13N5. The zero-order valence-corrected chi connectivity index (χ0v) is 9.74. The molecule has 2 heterocycles. The van der Waals surface area contributed by atoms with Gasteiger partial charge in [-0.2, -0.15) is 0 Å². The topological polar surface area (TPSA) is 76.7 Å². The first-order valence-corrected chi connectivity index (χ1v) is 6.05. The zero-order valence-electron chi connectivity index (χ0n) is 9.74. The van der Waals surface area contributed by atoms with Gasteiger partial charge in [0, 0.05) is 29.4 Å². The molecule has 0 amide bonds. The van der Waals surface area contributed by atoms with E-state index >= 15 is 0 Å². The van der Waals surface area contributed by atoms with Gasteiger partial charge in [-0.05, 0) is 18.6 Å². The molecule has 2 fully saturated rings. The Bertz CT molecular complexity index is 582. The van der Waals surface area contributed by atoms with E-state index in [9.17, 15) is 0 Å². The molecule has 5 heteroatoms. The number of nitrogens with one attached hydrogen (secondary N) is 1. The third-order valence-electron chi connectivity index (χ3n) is 3.89. The number of nitrogens with zero attached hydrogens (tertiary/aromatic N) is 3. The minimum atomic E-state index is 0.0592. The maximum Gasteiger partial charge on any atom is 0.144 e. The van der Waals surface area contributed by atoms with Crippen LogP contribution < -0.4 is 11.1 Å². The van der Waals surface area contributed by atoms with Crippen molar-refractivity contribution < 1.29 is 0 Å². The van der Waals surface area contributed by atoms with Crippen molar-refractivity contribution in [2.45, 2.75) is 18.0 Å². The van der Waals surface area contributed by atoms with Gasteiger partial charge in [0.15, 0.2) is 0 Å². The van der Waals surface area contributed by atoms with Crippen LogP contribution in [0.25, 0.3) is 11.3 Å². The Morgan fingerprint density at radius 1 is 1.28 bits per heavy atom. The van der Waals surface area contributed by atoms with Crippen LogP contribution in [0.5, 0.6) is 0 Å². The van der Waals surface area contributed by atoms with Gasteiger partial charge in [0.25, 0.3) is 0 Å². The fourth-order valence-electron chi connectivity index (χ4n) is 2.41. The van der Waals surface area contributed by atoms with Crippen LogP contribution in [0.2, 0.25) is 0 Å². The summed E-state index contributed by atoms with van der Waals surface area (Å²) in [5.41, 5.74) is 7.90. The summed E-state index contributed by atoms with van der Waals surface area (Å²) in [6, 6.07) is 4.25. The third-order valence-corrected chi connectivity index (χ3v) is 3.89. The average molecular weight is 239 g/mol. The normalized spacial score (nSPS) is 31.6. The molecule has 0 saturated heterocycles. The van der Waals surface area contributed by atoms with Crippen LogP contribution in [0.15, 0.2) is 36.9 Å². The smallest absolute Gasteiger partial charge is 0.144 e. The minimum absolute atomic E-state index is 0.0592. The van der Waals surface area contributed by atoms with Gasteiger partial charge in [-0.15, -0.1) is 0 Å².